The zero-order valence-corrected chi connectivity index (χ0v) is 19.2. The first kappa shape index (κ1) is 20.6. The van der Waals surface area contributed by atoms with Crippen LogP contribution in [0.2, 0.25) is 0 Å². The maximum absolute atomic E-state index is 13.7. The third-order valence-electron chi connectivity index (χ3n) is 6.30. The van der Waals surface area contributed by atoms with E-state index in [-0.39, 0.29) is 11.5 Å². The lowest BCUT2D eigenvalue weighted by Gasteiger charge is -2.45. The number of ether oxygens (including phenoxy) is 1. The van der Waals surface area contributed by atoms with E-state index in [2.05, 4.69) is 5.32 Å². The highest BCUT2D eigenvalue weighted by Gasteiger charge is 2.55. The van der Waals surface area contributed by atoms with Crippen molar-refractivity contribution in [3.8, 4) is 5.75 Å². The average Bonchev–Trinajstić information content (AvgIpc) is 3.13. The highest BCUT2D eigenvalue weighted by Crippen LogP contribution is 2.47. The fourth-order valence-corrected chi connectivity index (χ4v) is 5.88. The molecule has 1 aromatic heterocycles. The first-order valence-corrected chi connectivity index (χ1v) is 11.9. The largest absolute Gasteiger partial charge is 0.465 e. The number of nitrogens with zero attached hydrogens (tertiary/aromatic N) is 2. The van der Waals surface area contributed by atoms with E-state index in [0.717, 1.165) is 11.1 Å². The number of carbonyl (C=O) groups excluding carboxylic acids is 1. The molecular formula is C27H21N3O3S. The number of hydrogen-bond acceptors (Lipinski definition) is 5. The maximum atomic E-state index is 13.7. The summed E-state index contributed by atoms with van der Waals surface area (Å²) in [6.07, 6.45) is 1.87. The van der Waals surface area contributed by atoms with Crippen LogP contribution in [-0.2, 0) is 4.79 Å². The second kappa shape index (κ2) is 7.81. The highest BCUT2D eigenvalue weighted by molar-refractivity contribution is 7.07. The predicted octanol–water partition coefficient (Wildman–Crippen LogP) is 3.32. The van der Waals surface area contributed by atoms with Crippen molar-refractivity contribution in [1.82, 2.24) is 4.57 Å². The SMILES string of the molecule is C[C@@]12N=c3s/c(=C/c4ccccc4)c(=O)n3[C@@H](c3ccccc3O1)[C@H]2C(=O)Nc1ccccc1. The molecule has 0 saturated heterocycles. The van der Waals surface area contributed by atoms with E-state index in [0.29, 0.717) is 20.8 Å². The smallest absolute Gasteiger partial charge is 0.270 e. The van der Waals surface area contributed by atoms with Crippen molar-refractivity contribution in [3.63, 3.8) is 0 Å². The maximum Gasteiger partial charge on any atom is 0.270 e. The topological polar surface area (TPSA) is 72.7 Å². The Hall–Kier alpha value is -3.97. The van der Waals surface area contributed by atoms with Gasteiger partial charge in [0, 0.05) is 11.3 Å². The standard InChI is InChI=1S/C27H21N3O3S/c1-27-22(24(31)28-18-12-6-3-7-13-18)23(19-14-8-9-15-20(19)33-27)30-25(32)21(34-26(30)29-27)16-17-10-4-2-5-11-17/h2-16,22-23H,1H3,(H,28,31)/b21-16+/t22-,23-,27+/m0/s1. The Kier molecular flexibility index (Phi) is 4.74. The second-order valence-corrected chi connectivity index (χ2v) is 9.57. The van der Waals surface area contributed by atoms with Gasteiger partial charge in [-0.15, -0.1) is 0 Å². The summed E-state index contributed by atoms with van der Waals surface area (Å²) in [5, 5.41) is 2.99. The van der Waals surface area contributed by atoms with Crippen LogP contribution < -0.4 is 24.9 Å². The lowest BCUT2D eigenvalue weighted by molar-refractivity contribution is -0.131. The number of fused-ring (bicyclic) bond motifs is 6. The average molecular weight is 468 g/mol. The molecule has 34 heavy (non-hydrogen) atoms. The van der Waals surface area contributed by atoms with Gasteiger partial charge in [0.15, 0.2) is 4.80 Å². The number of hydrogen-bond donors (Lipinski definition) is 1. The van der Waals surface area contributed by atoms with Gasteiger partial charge in [0.05, 0.1) is 10.6 Å². The fraction of sp³-hybridized carbons (Fsp3) is 0.148. The Morgan fingerprint density at radius 2 is 1.71 bits per heavy atom. The number of benzene rings is 3. The minimum atomic E-state index is -1.15. The van der Waals surface area contributed by atoms with Gasteiger partial charge in [-0.1, -0.05) is 78.1 Å². The van der Waals surface area contributed by atoms with Gasteiger partial charge < -0.3 is 10.1 Å². The molecule has 1 N–H and O–H groups in total. The van der Waals surface area contributed by atoms with Crippen LogP contribution in [0.25, 0.3) is 6.08 Å². The summed E-state index contributed by atoms with van der Waals surface area (Å²) in [5.41, 5.74) is 1.11. The molecule has 6 rings (SSSR count). The Morgan fingerprint density at radius 1 is 1.03 bits per heavy atom. The molecular weight excluding hydrogens is 446 g/mol. The van der Waals surface area contributed by atoms with Gasteiger partial charge >= 0.3 is 0 Å². The normalized spacial score (nSPS) is 22.7. The first-order valence-electron chi connectivity index (χ1n) is 11.1. The van der Waals surface area contributed by atoms with Gasteiger partial charge in [0.2, 0.25) is 11.6 Å². The van der Waals surface area contributed by atoms with Crippen molar-refractivity contribution in [2.24, 2.45) is 10.9 Å². The first-order chi connectivity index (χ1) is 16.5. The van der Waals surface area contributed by atoms with Crippen LogP contribution >= 0.6 is 11.3 Å². The highest BCUT2D eigenvalue weighted by atomic mass is 32.1. The number of rotatable bonds is 3. The fourth-order valence-electron chi connectivity index (χ4n) is 4.79. The van der Waals surface area contributed by atoms with Gasteiger partial charge in [0.1, 0.15) is 11.7 Å². The van der Waals surface area contributed by atoms with Gasteiger partial charge in [0.25, 0.3) is 5.56 Å². The minimum Gasteiger partial charge on any atom is -0.465 e. The Bertz CT molecular complexity index is 1580. The van der Waals surface area contributed by atoms with Crippen molar-refractivity contribution >= 4 is 29.0 Å². The summed E-state index contributed by atoms with van der Waals surface area (Å²) in [6.45, 7) is 1.82. The summed E-state index contributed by atoms with van der Waals surface area (Å²) >= 11 is 1.32. The van der Waals surface area contributed by atoms with Crippen molar-refractivity contribution < 1.29 is 9.53 Å². The summed E-state index contributed by atoms with van der Waals surface area (Å²) in [7, 11) is 0. The molecule has 2 aliphatic rings. The Balaban J connectivity index is 1.55. The Labute approximate surface area is 199 Å². The number of para-hydroxylation sites is 2. The van der Waals surface area contributed by atoms with Gasteiger partial charge in [-0.05, 0) is 36.8 Å². The molecule has 0 unspecified atom stereocenters. The molecule has 2 aliphatic heterocycles. The lowest BCUT2D eigenvalue weighted by Crippen LogP contribution is -2.59. The molecule has 6 nitrogen and oxygen atoms in total. The van der Waals surface area contributed by atoms with Crippen LogP contribution in [0.1, 0.15) is 24.1 Å². The van der Waals surface area contributed by atoms with Crippen molar-refractivity contribution in [2.45, 2.75) is 18.7 Å². The summed E-state index contributed by atoms with van der Waals surface area (Å²) in [6, 6.07) is 26.0. The number of thiazole rings is 1. The molecule has 4 aromatic rings. The van der Waals surface area contributed by atoms with E-state index in [1.165, 1.54) is 11.3 Å². The summed E-state index contributed by atoms with van der Waals surface area (Å²) < 4.78 is 8.57. The number of amides is 1. The summed E-state index contributed by atoms with van der Waals surface area (Å²) in [4.78, 5) is 32.7. The van der Waals surface area contributed by atoms with E-state index in [1.54, 1.807) is 4.57 Å². The van der Waals surface area contributed by atoms with Crippen molar-refractivity contribution in [2.75, 3.05) is 5.32 Å². The van der Waals surface area contributed by atoms with E-state index >= 15 is 0 Å². The van der Waals surface area contributed by atoms with Crippen LogP contribution in [0, 0.1) is 5.92 Å². The zero-order valence-electron chi connectivity index (χ0n) is 18.3. The van der Waals surface area contributed by atoms with Crippen LogP contribution in [0.4, 0.5) is 5.69 Å². The molecule has 0 spiro atoms. The number of carbonyl (C=O) groups is 1. The van der Waals surface area contributed by atoms with Gasteiger partial charge in [-0.25, -0.2) is 4.99 Å². The molecule has 3 heterocycles. The molecule has 2 bridgehead atoms. The molecule has 3 atom stereocenters. The zero-order chi connectivity index (χ0) is 23.3. The van der Waals surface area contributed by atoms with E-state index in [1.807, 2.05) is 97.9 Å². The third kappa shape index (κ3) is 3.28. The molecule has 0 radical (unpaired) electrons. The minimum absolute atomic E-state index is 0.158. The molecule has 1 amide bonds. The van der Waals surface area contributed by atoms with Crippen LogP contribution in [-0.4, -0.2) is 16.2 Å². The summed E-state index contributed by atoms with van der Waals surface area (Å²) in [5.74, 6) is -0.332. The van der Waals surface area contributed by atoms with Crippen LogP contribution in [0.3, 0.4) is 0 Å². The quantitative estimate of drug-likeness (QED) is 0.502. The van der Waals surface area contributed by atoms with Crippen LogP contribution in [0.15, 0.2) is 94.7 Å². The predicted molar refractivity (Wildman–Crippen MR) is 132 cm³/mol. The molecule has 3 aromatic carbocycles. The van der Waals surface area contributed by atoms with E-state index in [4.69, 9.17) is 9.73 Å². The lowest BCUT2D eigenvalue weighted by atomic mass is 9.80. The number of aromatic nitrogens is 1. The second-order valence-electron chi connectivity index (χ2n) is 8.56. The molecule has 7 heteroatoms. The van der Waals surface area contributed by atoms with Crippen molar-refractivity contribution in [3.05, 3.63) is 116 Å². The van der Waals surface area contributed by atoms with Gasteiger partial charge in [-0.3, -0.25) is 14.2 Å². The number of nitrogens with one attached hydrogen (secondary N) is 1. The van der Waals surface area contributed by atoms with E-state index in [9.17, 15) is 9.59 Å². The molecule has 168 valence electrons. The Morgan fingerprint density at radius 3 is 2.47 bits per heavy atom. The molecule has 0 aliphatic carbocycles. The van der Waals surface area contributed by atoms with Crippen molar-refractivity contribution in [1.29, 1.82) is 0 Å². The van der Waals surface area contributed by atoms with Crippen LogP contribution in [0.5, 0.6) is 5.75 Å². The monoisotopic (exact) mass is 467 g/mol. The van der Waals surface area contributed by atoms with Gasteiger partial charge in [-0.2, -0.15) is 0 Å². The van der Waals surface area contributed by atoms with E-state index < -0.39 is 17.7 Å². The molecule has 0 fully saturated rings. The molecule has 0 saturated carbocycles. The third-order valence-corrected chi connectivity index (χ3v) is 7.28. The number of anilines is 1.